The van der Waals surface area contributed by atoms with Gasteiger partial charge in [-0.05, 0) is 18.8 Å². The number of aliphatic carboxylic acids is 1. The quantitative estimate of drug-likeness (QED) is 0.678. The van der Waals surface area contributed by atoms with Gasteiger partial charge >= 0.3 is 12.0 Å². The average molecular weight is 272 g/mol. The summed E-state index contributed by atoms with van der Waals surface area (Å²) in [6.07, 6.45) is 4.86. The molecular weight excluding hydrogens is 244 g/mol. The molecule has 0 aromatic rings. The van der Waals surface area contributed by atoms with Gasteiger partial charge in [-0.1, -0.05) is 40.0 Å². The lowest BCUT2D eigenvalue weighted by Gasteiger charge is -2.25. The monoisotopic (exact) mass is 272 g/mol. The molecule has 0 fully saturated rings. The number of hydrogen-bond donors (Lipinski definition) is 2. The predicted octanol–water partition coefficient (Wildman–Crippen LogP) is 2.71. The minimum Gasteiger partial charge on any atom is -0.480 e. The van der Waals surface area contributed by atoms with Gasteiger partial charge in [-0.3, -0.25) is 0 Å². The maximum absolute atomic E-state index is 11.9. The second-order valence-electron chi connectivity index (χ2n) is 4.98. The van der Waals surface area contributed by atoms with Gasteiger partial charge in [0, 0.05) is 13.6 Å². The molecule has 0 aromatic carbocycles. The Morgan fingerprint density at radius 3 is 2.26 bits per heavy atom. The highest BCUT2D eigenvalue weighted by atomic mass is 16.4. The van der Waals surface area contributed by atoms with E-state index in [4.69, 9.17) is 5.11 Å². The number of nitrogens with zero attached hydrogens (tertiary/aromatic N) is 1. The van der Waals surface area contributed by atoms with Gasteiger partial charge in [0.2, 0.25) is 0 Å². The second-order valence-corrected chi connectivity index (χ2v) is 4.98. The summed E-state index contributed by atoms with van der Waals surface area (Å²) in [4.78, 5) is 24.2. The van der Waals surface area contributed by atoms with E-state index in [2.05, 4.69) is 19.2 Å². The number of carbonyl (C=O) groups excluding carboxylic acids is 1. The predicted molar refractivity (Wildman–Crippen MR) is 76.2 cm³/mol. The Kier molecular flexibility index (Phi) is 9.00. The molecular formula is C14H28N2O3. The molecule has 0 saturated carbocycles. The lowest BCUT2D eigenvalue weighted by atomic mass is 9.99. The number of urea groups is 1. The van der Waals surface area contributed by atoms with Crippen molar-refractivity contribution in [3.05, 3.63) is 0 Å². The van der Waals surface area contributed by atoms with Crippen molar-refractivity contribution in [1.29, 1.82) is 0 Å². The largest absolute Gasteiger partial charge is 0.480 e. The maximum atomic E-state index is 11.9. The molecule has 0 spiro atoms. The fourth-order valence-electron chi connectivity index (χ4n) is 2.06. The van der Waals surface area contributed by atoms with Crippen molar-refractivity contribution < 1.29 is 14.7 Å². The van der Waals surface area contributed by atoms with Crippen molar-refractivity contribution in [2.75, 3.05) is 13.6 Å². The van der Waals surface area contributed by atoms with Crippen LogP contribution in [0.1, 0.15) is 52.9 Å². The van der Waals surface area contributed by atoms with E-state index in [1.54, 1.807) is 6.92 Å². The van der Waals surface area contributed by atoms with Gasteiger partial charge in [-0.15, -0.1) is 0 Å². The summed E-state index contributed by atoms with van der Waals surface area (Å²) < 4.78 is 0. The van der Waals surface area contributed by atoms with Crippen molar-refractivity contribution in [3.63, 3.8) is 0 Å². The van der Waals surface area contributed by atoms with Gasteiger partial charge < -0.3 is 15.3 Å². The van der Waals surface area contributed by atoms with Crippen LogP contribution in [-0.4, -0.2) is 41.6 Å². The number of amides is 2. The van der Waals surface area contributed by atoms with Gasteiger partial charge in [-0.2, -0.15) is 0 Å². The summed E-state index contributed by atoms with van der Waals surface area (Å²) >= 11 is 0. The third kappa shape index (κ3) is 6.45. The van der Waals surface area contributed by atoms with Gasteiger partial charge in [0.1, 0.15) is 6.04 Å². The van der Waals surface area contributed by atoms with Crippen LogP contribution in [0.2, 0.25) is 0 Å². The Morgan fingerprint density at radius 1 is 1.21 bits per heavy atom. The van der Waals surface area contributed by atoms with Crippen LogP contribution in [-0.2, 0) is 4.79 Å². The van der Waals surface area contributed by atoms with Crippen LogP contribution in [0.15, 0.2) is 0 Å². The molecule has 0 saturated heterocycles. The first-order chi connectivity index (χ1) is 8.97. The molecule has 5 nitrogen and oxygen atoms in total. The number of rotatable bonds is 9. The van der Waals surface area contributed by atoms with E-state index < -0.39 is 12.0 Å². The van der Waals surface area contributed by atoms with Gasteiger partial charge in [-0.25, -0.2) is 9.59 Å². The van der Waals surface area contributed by atoms with Gasteiger partial charge in [0.15, 0.2) is 0 Å². The Labute approximate surface area is 116 Å². The molecule has 19 heavy (non-hydrogen) atoms. The number of hydrogen-bond acceptors (Lipinski definition) is 2. The molecule has 0 heterocycles. The van der Waals surface area contributed by atoms with E-state index >= 15 is 0 Å². The standard InChI is InChI=1S/C14H28N2O3/c1-5-8-9-11(6-2)10-15-14(19)16(4)12(7-3)13(17)18/h11-12H,5-10H2,1-4H3,(H,15,19)(H,17,18). The average Bonchev–Trinajstić information content (AvgIpc) is 2.38. The molecule has 2 atom stereocenters. The third-order valence-corrected chi connectivity index (χ3v) is 3.54. The molecule has 0 aliphatic carbocycles. The van der Waals surface area contributed by atoms with Gasteiger partial charge in [0.05, 0.1) is 0 Å². The van der Waals surface area contributed by atoms with Gasteiger partial charge in [0.25, 0.3) is 0 Å². The molecule has 0 bridgehead atoms. The molecule has 0 radical (unpaired) electrons. The van der Waals surface area contributed by atoms with Crippen molar-refractivity contribution in [2.45, 2.75) is 58.9 Å². The number of likely N-dealkylation sites (N-methyl/N-ethyl adjacent to an activating group) is 1. The van der Waals surface area contributed by atoms with E-state index in [0.717, 1.165) is 25.7 Å². The van der Waals surface area contributed by atoms with E-state index in [-0.39, 0.29) is 6.03 Å². The summed E-state index contributed by atoms with van der Waals surface area (Å²) in [5.41, 5.74) is 0. The molecule has 2 unspecified atom stereocenters. The van der Waals surface area contributed by atoms with Crippen molar-refractivity contribution in [3.8, 4) is 0 Å². The summed E-state index contributed by atoms with van der Waals surface area (Å²) in [7, 11) is 1.53. The van der Waals surface area contributed by atoms with Crippen LogP contribution in [0, 0.1) is 5.92 Å². The first-order valence-corrected chi connectivity index (χ1v) is 7.21. The first kappa shape index (κ1) is 17.7. The zero-order valence-corrected chi connectivity index (χ0v) is 12.6. The number of carbonyl (C=O) groups is 2. The highest BCUT2D eigenvalue weighted by molar-refractivity contribution is 5.82. The molecule has 0 aliphatic heterocycles. The second kappa shape index (κ2) is 9.64. The lowest BCUT2D eigenvalue weighted by Crippen LogP contribution is -2.47. The normalized spacial score (nSPS) is 13.7. The van der Waals surface area contributed by atoms with Crippen molar-refractivity contribution >= 4 is 12.0 Å². The minimum atomic E-state index is -0.960. The molecule has 0 aliphatic rings. The molecule has 2 N–H and O–H groups in total. The smallest absolute Gasteiger partial charge is 0.326 e. The Balaban J connectivity index is 4.24. The van der Waals surface area contributed by atoms with Crippen LogP contribution >= 0.6 is 0 Å². The number of carboxylic acid groups (broad SMARTS) is 1. The minimum absolute atomic E-state index is 0.302. The summed E-state index contributed by atoms with van der Waals surface area (Å²) in [5.74, 6) is -0.486. The molecule has 0 rings (SSSR count). The van der Waals surface area contributed by atoms with Crippen LogP contribution in [0.3, 0.4) is 0 Å². The molecule has 0 aromatic heterocycles. The summed E-state index contributed by atoms with van der Waals surface area (Å²) in [5, 5.41) is 11.8. The third-order valence-electron chi connectivity index (χ3n) is 3.54. The highest BCUT2D eigenvalue weighted by Gasteiger charge is 2.24. The molecule has 2 amide bonds. The van der Waals surface area contributed by atoms with E-state index in [9.17, 15) is 9.59 Å². The number of nitrogens with one attached hydrogen (secondary N) is 1. The Bertz CT molecular complexity index is 282. The van der Waals surface area contributed by atoms with Crippen molar-refractivity contribution in [2.24, 2.45) is 5.92 Å². The molecule has 112 valence electrons. The highest BCUT2D eigenvalue weighted by Crippen LogP contribution is 2.11. The number of unbranched alkanes of at least 4 members (excludes halogenated alkanes) is 1. The van der Waals surface area contributed by atoms with Crippen LogP contribution in [0.25, 0.3) is 0 Å². The Hall–Kier alpha value is -1.26. The first-order valence-electron chi connectivity index (χ1n) is 7.21. The Morgan fingerprint density at radius 2 is 1.84 bits per heavy atom. The maximum Gasteiger partial charge on any atom is 0.326 e. The van der Waals surface area contributed by atoms with Crippen LogP contribution in [0.5, 0.6) is 0 Å². The van der Waals surface area contributed by atoms with E-state index in [1.165, 1.54) is 11.9 Å². The number of carboxylic acids is 1. The fraction of sp³-hybridized carbons (Fsp3) is 0.857. The summed E-state index contributed by atoms with van der Waals surface area (Å²) in [6.45, 7) is 6.65. The zero-order valence-electron chi connectivity index (χ0n) is 12.6. The zero-order chi connectivity index (χ0) is 14.8. The van der Waals surface area contributed by atoms with Crippen molar-refractivity contribution in [1.82, 2.24) is 10.2 Å². The van der Waals surface area contributed by atoms with Crippen LogP contribution < -0.4 is 5.32 Å². The topological polar surface area (TPSA) is 69.6 Å². The lowest BCUT2D eigenvalue weighted by molar-refractivity contribution is -0.141. The van der Waals surface area contributed by atoms with E-state index in [0.29, 0.717) is 18.9 Å². The fourth-order valence-corrected chi connectivity index (χ4v) is 2.06. The summed E-state index contributed by atoms with van der Waals surface area (Å²) in [6, 6.07) is -1.06. The van der Waals surface area contributed by atoms with Crippen LogP contribution in [0.4, 0.5) is 4.79 Å². The SMILES string of the molecule is CCCCC(CC)CNC(=O)N(C)C(CC)C(=O)O. The molecule has 5 heteroatoms. The van der Waals surface area contributed by atoms with E-state index in [1.807, 2.05) is 0 Å².